The summed E-state index contributed by atoms with van der Waals surface area (Å²) in [6.07, 6.45) is 3.16. The van der Waals surface area contributed by atoms with Crippen LogP contribution in [0.25, 0.3) is 11.0 Å². The van der Waals surface area contributed by atoms with Crippen molar-refractivity contribution in [3.63, 3.8) is 0 Å². The summed E-state index contributed by atoms with van der Waals surface area (Å²) in [7, 11) is 3.64. The van der Waals surface area contributed by atoms with Crippen LogP contribution < -0.4 is 9.64 Å². The number of amides is 1. The fourth-order valence-corrected chi connectivity index (χ4v) is 2.18. The molecule has 8 nitrogen and oxygen atoms in total. The molecule has 0 bridgehead atoms. The number of nitrogens with zero attached hydrogens (tertiary/aromatic N) is 5. The number of likely N-dealkylation sites (N-methyl/N-ethyl adjacent to an activating group) is 2. The van der Waals surface area contributed by atoms with Gasteiger partial charge in [-0.15, -0.1) is 0 Å². The van der Waals surface area contributed by atoms with Gasteiger partial charge in [-0.25, -0.2) is 0 Å². The topological polar surface area (TPSA) is 84.6 Å². The first-order chi connectivity index (χ1) is 12.0. The van der Waals surface area contributed by atoms with E-state index in [4.69, 9.17) is 9.26 Å². The Kier molecular flexibility index (Phi) is 4.78. The number of anilines is 1. The number of rotatable bonds is 6. The van der Waals surface area contributed by atoms with Crippen molar-refractivity contribution in [2.75, 3.05) is 32.1 Å². The zero-order valence-corrected chi connectivity index (χ0v) is 14.3. The highest BCUT2D eigenvalue weighted by atomic mass is 16.5. The Balaban J connectivity index is 1.72. The van der Waals surface area contributed by atoms with Gasteiger partial charge in [0.1, 0.15) is 0 Å². The van der Waals surface area contributed by atoms with Crippen molar-refractivity contribution in [2.24, 2.45) is 0 Å². The molecular weight excluding hydrogens is 322 g/mol. The van der Waals surface area contributed by atoms with Crippen LogP contribution in [0.1, 0.15) is 6.92 Å². The van der Waals surface area contributed by atoms with Gasteiger partial charge < -0.3 is 19.1 Å². The van der Waals surface area contributed by atoms with Gasteiger partial charge >= 0.3 is 0 Å². The second kappa shape index (κ2) is 7.16. The predicted octanol–water partition coefficient (Wildman–Crippen LogP) is 2.32. The molecule has 8 heteroatoms. The van der Waals surface area contributed by atoms with Gasteiger partial charge in [0.15, 0.2) is 11.4 Å². The van der Waals surface area contributed by atoms with Gasteiger partial charge in [-0.05, 0) is 17.3 Å². The largest absolute Gasteiger partial charge is 0.415 e. The van der Waals surface area contributed by atoms with E-state index in [1.807, 2.05) is 36.2 Å². The van der Waals surface area contributed by atoms with Crippen LogP contribution in [0.2, 0.25) is 0 Å². The maximum absolute atomic E-state index is 11.3. The molecule has 0 atom stereocenters. The fourth-order valence-electron chi connectivity index (χ4n) is 2.18. The first-order valence-electron chi connectivity index (χ1n) is 7.82. The molecule has 0 aliphatic rings. The number of carbonyl (C=O) groups excluding carboxylic acids is 1. The number of aromatic nitrogens is 3. The van der Waals surface area contributed by atoms with E-state index in [9.17, 15) is 4.79 Å². The van der Waals surface area contributed by atoms with Gasteiger partial charge in [0.25, 0.3) is 5.88 Å². The summed E-state index contributed by atoms with van der Waals surface area (Å²) in [6, 6.07) is 7.43. The van der Waals surface area contributed by atoms with Crippen LogP contribution in [0.3, 0.4) is 0 Å². The van der Waals surface area contributed by atoms with Gasteiger partial charge in [0.2, 0.25) is 11.8 Å². The second-order valence-corrected chi connectivity index (χ2v) is 5.66. The SMILES string of the molecule is CC(=O)N(C)CCN(C)c1cncc(Oc2noc3ccccc23)n1. The molecule has 0 aliphatic carbocycles. The molecule has 0 spiro atoms. The minimum atomic E-state index is 0.0227. The highest BCUT2D eigenvalue weighted by Crippen LogP contribution is 2.28. The number of carbonyl (C=O) groups is 1. The second-order valence-electron chi connectivity index (χ2n) is 5.66. The van der Waals surface area contributed by atoms with E-state index >= 15 is 0 Å². The molecule has 0 aliphatic heterocycles. The third kappa shape index (κ3) is 3.85. The summed E-state index contributed by atoms with van der Waals surface area (Å²) < 4.78 is 10.9. The van der Waals surface area contributed by atoms with Crippen LogP contribution in [0.15, 0.2) is 41.2 Å². The number of hydrogen-bond acceptors (Lipinski definition) is 7. The highest BCUT2D eigenvalue weighted by molar-refractivity contribution is 5.82. The smallest absolute Gasteiger partial charge is 0.268 e. The monoisotopic (exact) mass is 341 g/mol. The van der Waals surface area contributed by atoms with Crippen LogP contribution in [0.5, 0.6) is 11.8 Å². The molecule has 25 heavy (non-hydrogen) atoms. The lowest BCUT2D eigenvalue weighted by Gasteiger charge is -2.22. The van der Waals surface area contributed by atoms with Gasteiger partial charge in [-0.2, -0.15) is 4.98 Å². The maximum atomic E-state index is 11.3. The summed E-state index contributed by atoms with van der Waals surface area (Å²) in [4.78, 5) is 23.4. The highest BCUT2D eigenvalue weighted by Gasteiger charge is 2.12. The van der Waals surface area contributed by atoms with E-state index in [0.717, 1.165) is 5.39 Å². The van der Waals surface area contributed by atoms with E-state index in [-0.39, 0.29) is 5.91 Å². The van der Waals surface area contributed by atoms with Crippen LogP contribution >= 0.6 is 0 Å². The molecular formula is C17H19N5O3. The molecule has 3 aromatic rings. The Hall–Kier alpha value is -3.16. The lowest BCUT2D eigenvalue weighted by Crippen LogP contribution is -2.33. The van der Waals surface area contributed by atoms with Crippen molar-refractivity contribution in [2.45, 2.75) is 6.92 Å². The molecule has 1 aromatic carbocycles. The zero-order valence-electron chi connectivity index (χ0n) is 14.3. The number of hydrogen-bond donors (Lipinski definition) is 0. The van der Waals surface area contributed by atoms with E-state index in [1.54, 1.807) is 18.1 Å². The molecule has 0 N–H and O–H groups in total. The summed E-state index contributed by atoms with van der Waals surface area (Å²) >= 11 is 0. The van der Waals surface area contributed by atoms with Crippen molar-refractivity contribution in [3.05, 3.63) is 36.7 Å². The van der Waals surface area contributed by atoms with Crippen LogP contribution in [-0.2, 0) is 4.79 Å². The zero-order chi connectivity index (χ0) is 17.8. The molecule has 1 amide bonds. The molecule has 2 aromatic heterocycles. The van der Waals surface area contributed by atoms with E-state index in [0.29, 0.717) is 36.3 Å². The summed E-state index contributed by atoms with van der Waals surface area (Å²) in [5, 5.41) is 4.69. The summed E-state index contributed by atoms with van der Waals surface area (Å²) in [6.45, 7) is 2.75. The normalized spacial score (nSPS) is 10.7. The molecule has 130 valence electrons. The van der Waals surface area contributed by atoms with Crippen molar-refractivity contribution in [1.29, 1.82) is 0 Å². The summed E-state index contributed by atoms with van der Waals surface area (Å²) in [5.41, 5.74) is 0.644. The fraction of sp³-hybridized carbons (Fsp3) is 0.294. The number of benzene rings is 1. The standard InChI is InChI=1S/C17H19N5O3/c1-12(23)21(2)8-9-22(3)15-10-18-11-16(19-15)24-17-13-6-4-5-7-14(13)25-20-17/h4-7,10-11H,8-9H2,1-3H3. The van der Waals surface area contributed by atoms with Gasteiger partial charge in [0.05, 0.1) is 17.8 Å². The predicted molar refractivity (Wildman–Crippen MR) is 92.7 cm³/mol. The minimum absolute atomic E-state index is 0.0227. The molecule has 2 heterocycles. The van der Waals surface area contributed by atoms with E-state index in [2.05, 4.69) is 15.1 Å². The molecule has 0 radical (unpaired) electrons. The van der Waals surface area contributed by atoms with Gasteiger partial charge in [-0.1, -0.05) is 12.1 Å². The Morgan fingerprint density at radius 1 is 1.20 bits per heavy atom. The first kappa shape index (κ1) is 16.7. The third-order valence-electron chi connectivity index (χ3n) is 3.84. The Morgan fingerprint density at radius 2 is 2.00 bits per heavy atom. The Bertz CT molecular complexity index is 879. The number of para-hydroxylation sites is 1. The number of fused-ring (bicyclic) bond motifs is 1. The Morgan fingerprint density at radius 3 is 2.80 bits per heavy atom. The lowest BCUT2D eigenvalue weighted by atomic mass is 10.3. The van der Waals surface area contributed by atoms with Crippen LogP contribution in [-0.4, -0.2) is 53.1 Å². The average Bonchev–Trinajstić information content (AvgIpc) is 3.02. The minimum Gasteiger partial charge on any atom is -0.415 e. The Labute approximate surface area is 145 Å². The molecule has 3 rings (SSSR count). The average molecular weight is 341 g/mol. The van der Waals surface area contributed by atoms with Crippen molar-refractivity contribution >= 4 is 22.7 Å². The number of ether oxygens (including phenoxy) is 1. The van der Waals surface area contributed by atoms with Crippen molar-refractivity contribution in [1.82, 2.24) is 20.0 Å². The molecule has 0 saturated carbocycles. The first-order valence-corrected chi connectivity index (χ1v) is 7.82. The lowest BCUT2D eigenvalue weighted by molar-refractivity contribution is -0.127. The van der Waals surface area contributed by atoms with E-state index in [1.165, 1.54) is 13.1 Å². The molecule has 0 saturated heterocycles. The van der Waals surface area contributed by atoms with Crippen LogP contribution in [0.4, 0.5) is 5.82 Å². The maximum Gasteiger partial charge on any atom is 0.268 e. The summed E-state index contributed by atoms with van der Waals surface area (Å²) in [5.74, 6) is 1.33. The van der Waals surface area contributed by atoms with Crippen molar-refractivity contribution in [3.8, 4) is 11.8 Å². The quantitative estimate of drug-likeness (QED) is 0.680. The molecule has 0 unspecified atom stereocenters. The van der Waals surface area contributed by atoms with Gasteiger partial charge in [-0.3, -0.25) is 9.78 Å². The van der Waals surface area contributed by atoms with Crippen molar-refractivity contribution < 1.29 is 14.1 Å². The van der Waals surface area contributed by atoms with E-state index < -0.39 is 0 Å². The third-order valence-corrected chi connectivity index (χ3v) is 3.84. The molecule has 0 fully saturated rings. The van der Waals surface area contributed by atoms with Gasteiger partial charge in [0, 0.05) is 34.1 Å². The van der Waals surface area contributed by atoms with Crippen LogP contribution in [0, 0.1) is 0 Å².